The number of fused-ring (bicyclic) bond motifs is 1. The Bertz CT molecular complexity index is 517. The number of rotatable bonds is 1. The Morgan fingerprint density at radius 1 is 1.44 bits per heavy atom. The van der Waals surface area contributed by atoms with Gasteiger partial charge in [-0.25, -0.2) is 9.83 Å². The summed E-state index contributed by atoms with van der Waals surface area (Å²) < 4.78 is 0. The van der Waals surface area contributed by atoms with Crippen molar-refractivity contribution in [1.82, 2.24) is 15.2 Å². The minimum atomic E-state index is 0.499. The number of nitrogens with zero attached hydrogens (tertiary/aromatic N) is 4. The van der Waals surface area contributed by atoms with Crippen molar-refractivity contribution in [3.8, 4) is 0 Å². The summed E-state index contributed by atoms with van der Waals surface area (Å²) in [5.41, 5.74) is 1.71. The number of nitrogens with one attached hydrogen (secondary N) is 1. The third kappa shape index (κ3) is 1.81. The molecular formula is C10H14N5O+. The SMILES string of the molecule is CN=C(O[n+]1[nH]nc2ccccc21)N(C)C. The van der Waals surface area contributed by atoms with Gasteiger partial charge in [0.1, 0.15) is 0 Å². The zero-order valence-electron chi connectivity index (χ0n) is 9.51. The van der Waals surface area contributed by atoms with Crippen LogP contribution in [0.4, 0.5) is 0 Å². The van der Waals surface area contributed by atoms with Gasteiger partial charge >= 0.3 is 6.02 Å². The van der Waals surface area contributed by atoms with Crippen LogP contribution in [0, 0.1) is 0 Å². The van der Waals surface area contributed by atoms with E-state index in [2.05, 4.69) is 15.3 Å². The average Bonchev–Trinajstić information content (AvgIpc) is 2.69. The van der Waals surface area contributed by atoms with Crippen molar-refractivity contribution in [2.45, 2.75) is 0 Å². The van der Waals surface area contributed by atoms with Crippen LogP contribution in [0.3, 0.4) is 0 Å². The highest BCUT2D eigenvalue weighted by Gasteiger charge is 2.16. The lowest BCUT2D eigenvalue weighted by atomic mass is 10.3. The Morgan fingerprint density at radius 3 is 2.88 bits per heavy atom. The molecule has 1 aromatic carbocycles. The zero-order chi connectivity index (χ0) is 11.5. The number of aromatic amines is 1. The molecule has 6 heteroatoms. The maximum absolute atomic E-state index is 5.55. The molecule has 6 nitrogen and oxygen atoms in total. The molecule has 0 saturated carbocycles. The summed E-state index contributed by atoms with van der Waals surface area (Å²) in [4.78, 5) is 12.8. The second kappa shape index (κ2) is 4.18. The predicted octanol–water partition coefficient (Wildman–Crippen LogP) is -0.174. The highest BCUT2D eigenvalue weighted by Crippen LogP contribution is 2.02. The molecule has 1 N–H and O–H groups in total. The Kier molecular flexibility index (Phi) is 2.72. The number of H-pyrrole nitrogens is 1. The van der Waals surface area contributed by atoms with Crippen molar-refractivity contribution < 1.29 is 9.68 Å². The summed E-state index contributed by atoms with van der Waals surface area (Å²) >= 11 is 0. The van der Waals surface area contributed by atoms with Crippen molar-refractivity contribution in [3.63, 3.8) is 0 Å². The summed E-state index contributed by atoms with van der Waals surface area (Å²) in [5, 5.41) is 6.88. The predicted molar refractivity (Wildman–Crippen MR) is 59.9 cm³/mol. The fourth-order valence-corrected chi connectivity index (χ4v) is 1.36. The van der Waals surface area contributed by atoms with Crippen molar-refractivity contribution in [2.75, 3.05) is 21.1 Å². The van der Waals surface area contributed by atoms with Crippen LogP contribution in [0.1, 0.15) is 0 Å². The molecule has 0 saturated heterocycles. The van der Waals surface area contributed by atoms with E-state index in [-0.39, 0.29) is 0 Å². The van der Waals surface area contributed by atoms with E-state index >= 15 is 0 Å². The second-order valence-electron chi connectivity index (χ2n) is 3.49. The summed E-state index contributed by atoms with van der Waals surface area (Å²) in [5.74, 6) is 0. The number of hydrogen-bond acceptors (Lipinski definition) is 3. The Balaban J connectivity index is 2.34. The maximum Gasteiger partial charge on any atom is 0.343 e. The summed E-state index contributed by atoms with van der Waals surface area (Å²) in [6.45, 7) is 0. The van der Waals surface area contributed by atoms with E-state index in [9.17, 15) is 0 Å². The van der Waals surface area contributed by atoms with Gasteiger partial charge in [0.2, 0.25) is 5.52 Å². The fourth-order valence-electron chi connectivity index (χ4n) is 1.36. The standard InChI is InChI=1S/C10H13N5O/c1-11-10(14(2)3)16-15-9-7-5-4-6-8(9)12-13-15/h4-7H,1-3H3/p+1. The van der Waals surface area contributed by atoms with Gasteiger partial charge in [-0.05, 0) is 17.3 Å². The molecule has 0 atom stereocenters. The highest BCUT2D eigenvalue weighted by molar-refractivity contribution is 5.73. The third-order valence-corrected chi connectivity index (χ3v) is 2.11. The fraction of sp³-hybridized carbons (Fsp3) is 0.300. The summed E-state index contributed by atoms with van der Waals surface area (Å²) in [6, 6.07) is 8.18. The second-order valence-corrected chi connectivity index (χ2v) is 3.49. The quantitative estimate of drug-likeness (QED) is 0.412. The molecule has 84 valence electrons. The Hall–Kier alpha value is -2.11. The molecular weight excluding hydrogens is 206 g/mol. The van der Waals surface area contributed by atoms with Crippen LogP contribution in [0.15, 0.2) is 29.3 Å². The zero-order valence-corrected chi connectivity index (χ0v) is 9.51. The normalized spacial score (nSPS) is 11.8. The lowest BCUT2D eigenvalue weighted by Crippen LogP contribution is -2.51. The molecule has 1 heterocycles. The van der Waals surface area contributed by atoms with Crippen LogP contribution in [0.5, 0.6) is 0 Å². The summed E-state index contributed by atoms with van der Waals surface area (Å²) in [7, 11) is 5.40. The van der Waals surface area contributed by atoms with E-state index < -0.39 is 0 Å². The number of hydrogen-bond donors (Lipinski definition) is 1. The monoisotopic (exact) mass is 220 g/mol. The highest BCUT2D eigenvalue weighted by atomic mass is 16.7. The van der Waals surface area contributed by atoms with E-state index in [1.165, 1.54) is 4.85 Å². The van der Waals surface area contributed by atoms with Crippen molar-refractivity contribution in [2.24, 2.45) is 4.99 Å². The van der Waals surface area contributed by atoms with Crippen LogP contribution < -0.4 is 9.68 Å². The molecule has 0 amide bonds. The lowest BCUT2D eigenvalue weighted by molar-refractivity contribution is -0.893. The first-order valence-corrected chi connectivity index (χ1v) is 4.90. The average molecular weight is 220 g/mol. The molecule has 0 spiro atoms. The largest absolute Gasteiger partial charge is 0.343 e. The number of aliphatic imine (C=N–C) groups is 1. The first-order valence-electron chi connectivity index (χ1n) is 4.90. The number of amidine groups is 1. The van der Waals surface area contributed by atoms with Gasteiger partial charge in [-0.3, -0.25) is 0 Å². The minimum Gasteiger partial charge on any atom is -0.329 e. The van der Waals surface area contributed by atoms with Crippen LogP contribution in [-0.4, -0.2) is 42.4 Å². The maximum atomic E-state index is 5.55. The van der Waals surface area contributed by atoms with Gasteiger partial charge < -0.3 is 4.90 Å². The molecule has 0 aliphatic heterocycles. The van der Waals surface area contributed by atoms with Crippen molar-refractivity contribution in [3.05, 3.63) is 24.3 Å². The number of aromatic nitrogens is 3. The van der Waals surface area contributed by atoms with Crippen LogP contribution in [0.25, 0.3) is 11.0 Å². The van der Waals surface area contributed by atoms with Crippen LogP contribution in [0.2, 0.25) is 0 Å². The van der Waals surface area contributed by atoms with Gasteiger partial charge in [-0.1, -0.05) is 12.1 Å². The van der Waals surface area contributed by atoms with Crippen molar-refractivity contribution in [1.29, 1.82) is 0 Å². The molecule has 0 unspecified atom stereocenters. The van der Waals surface area contributed by atoms with E-state index in [4.69, 9.17) is 4.84 Å². The Morgan fingerprint density at radius 2 is 2.19 bits per heavy atom. The van der Waals surface area contributed by atoms with Crippen molar-refractivity contribution >= 4 is 17.1 Å². The molecule has 0 radical (unpaired) electrons. The van der Waals surface area contributed by atoms with E-state index in [1.54, 1.807) is 11.9 Å². The Labute approximate surface area is 93.1 Å². The van der Waals surface area contributed by atoms with Gasteiger partial charge in [0.15, 0.2) is 0 Å². The molecule has 0 bridgehead atoms. The third-order valence-electron chi connectivity index (χ3n) is 2.11. The lowest BCUT2D eigenvalue weighted by Gasteiger charge is -2.10. The van der Waals surface area contributed by atoms with Crippen LogP contribution >= 0.6 is 0 Å². The molecule has 16 heavy (non-hydrogen) atoms. The van der Waals surface area contributed by atoms with Gasteiger partial charge in [-0.15, -0.1) is 0 Å². The topological polar surface area (TPSA) is 57.4 Å². The molecule has 0 fully saturated rings. The molecule has 2 aromatic rings. The summed E-state index contributed by atoms with van der Waals surface area (Å²) in [6.07, 6.45) is 0. The van der Waals surface area contributed by atoms with E-state index in [1.807, 2.05) is 38.4 Å². The van der Waals surface area contributed by atoms with Gasteiger partial charge in [0.05, 0.1) is 0 Å². The molecule has 1 aromatic heterocycles. The van der Waals surface area contributed by atoms with Gasteiger partial charge in [0.25, 0.3) is 5.52 Å². The first kappa shape index (κ1) is 10.4. The number of benzene rings is 1. The molecule has 2 rings (SSSR count). The van der Waals surface area contributed by atoms with E-state index in [0.29, 0.717) is 6.02 Å². The van der Waals surface area contributed by atoms with Gasteiger partial charge in [-0.2, -0.15) is 0 Å². The van der Waals surface area contributed by atoms with Crippen LogP contribution in [-0.2, 0) is 0 Å². The number of para-hydroxylation sites is 2. The smallest absolute Gasteiger partial charge is 0.329 e. The first-order chi connectivity index (χ1) is 7.72. The van der Waals surface area contributed by atoms with E-state index in [0.717, 1.165) is 11.0 Å². The molecule has 0 aliphatic rings. The minimum absolute atomic E-state index is 0.499. The van der Waals surface area contributed by atoms with Gasteiger partial charge in [0, 0.05) is 31.1 Å². The molecule has 0 aliphatic carbocycles.